The summed E-state index contributed by atoms with van der Waals surface area (Å²) >= 11 is 0. The van der Waals surface area contributed by atoms with Gasteiger partial charge in [-0.1, -0.05) is 30.3 Å². The van der Waals surface area contributed by atoms with Gasteiger partial charge in [0.15, 0.2) is 0 Å². The van der Waals surface area contributed by atoms with Gasteiger partial charge in [-0.15, -0.1) is 0 Å². The first kappa shape index (κ1) is 24.5. The standard InChI is InChI=1S/C27H38N4O3/c1-21(32)29-20-27(23-6-4-3-5-7-23)12-16-31(17-13-27)26(33)22-10-14-30(15-11-22)19-25-9-8-24(34-25)18-28-2/h3-9,22,28H,10-20H2,1-2H3,(H,29,32). The van der Waals surface area contributed by atoms with Crippen LogP contribution < -0.4 is 10.6 Å². The van der Waals surface area contributed by atoms with E-state index < -0.39 is 0 Å². The lowest BCUT2D eigenvalue weighted by molar-refractivity contribution is -0.139. The molecule has 184 valence electrons. The van der Waals surface area contributed by atoms with Gasteiger partial charge in [0.2, 0.25) is 11.8 Å². The Hall–Kier alpha value is -2.64. The van der Waals surface area contributed by atoms with E-state index in [2.05, 4.69) is 50.8 Å². The third-order valence-electron chi connectivity index (χ3n) is 7.48. The molecule has 0 unspecified atom stereocenters. The van der Waals surface area contributed by atoms with Crippen molar-refractivity contribution in [3.63, 3.8) is 0 Å². The monoisotopic (exact) mass is 466 g/mol. The van der Waals surface area contributed by atoms with Gasteiger partial charge in [-0.25, -0.2) is 0 Å². The second kappa shape index (κ2) is 11.2. The van der Waals surface area contributed by atoms with Crippen molar-refractivity contribution in [2.75, 3.05) is 39.8 Å². The number of piperidine rings is 2. The summed E-state index contributed by atoms with van der Waals surface area (Å²) in [5.74, 6) is 2.34. The van der Waals surface area contributed by atoms with E-state index in [4.69, 9.17) is 4.42 Å². The van der Waals surface area contributed by atoms with Crippen molar-refractivity contribution < 1.29 is 14.0 Å². The molecule has 7 heteroatoms. The minimum absolute atomic E-state index is 0.00613. The summed E-state index contributed by atoms with van der Waals surface area (Å²) in [6.07, 6.45) is 3.54. The van der Waals surface area contributed by atoms with Crippen molar-refractivity contribution in [2.24, 2.45) is 5.92 Å². The van der Waals surface area contributed by atoms with Crippen LogP contribution >= 0.6 is 0 Å². The first-order chi connectivity index (χ1) is 16.5. The number of hydrogen-bond acceptors (Lipinski definition) is 5. The minimum atomic E-state index is -0.109. The molecule has 1 aromatic heterocycles. The highest BCUT2D eigenvalue weighted by Crippen LogP contribution is 2.36. The van der Waals surface area contributed by atoms with Crippen LogP contribution in [0.3, 0.4) is 0 Å². The third kappa shape index (κ3) is 5.88. The summed E-state index contributed by atoms with van der Waals surface area (Å²) in [7, 11) is 1.91. The van der Waals surface area contributed by atoms with Crippen LogP contribution in [0, 0.1) is 5.92 Å². The fraction of sp³-hybridized carbons (Fsp3) is 0.556. The van der Waals surface area contributed by atoms with Crippen molar-refractivity contribution in [1.29, 1.82) is 0 Å². The molecule has 4 rings (SSSR count). The van der Waals surface area contributed by atoms with Crippen LogP contribution in [-0.2, 0) is 28.1 Å². The highest BCUT2D eigenvalue weighted by atomic mass is 16.3. The second-order valence-electron chi connectivity index (χ2n) is 9.83. The van der Waals surface area contributed by atoms with Crippen LogP contribution in [0.2, 0.25) is 0 Å². The van der Waals surface area contributed by atoms with E-state index in [1.165, 1.54) is 5.56 Å². The molecule has 2 aliphatic heterocycles. The van der Waals surface area contributed by atoms with Gasteiger partial charge in [0.05, 0.1) is 13.1 Å². The lowest BCUT2D eigenvalue weighted by Gasteiger charge is -2.44. The zero-order valence-electron chi connectivity index (χ0n) is 20.5. The lowest BCUT2D eigenvalue weighted by atomic mass is 9.72. The van der Waals surface area contributed by atoms with Gasteiger partial charge in [-0.3, -0.25) is 14.5 Å². The third-order valence-corrected chi connectivity index (χ3v) is 7.48. The lowest BCUT2D eigenvalue weighted by Crippen LogP contribution is -2.52. The van der Waals surface area contributed by atoms with Gasteiger partial charge in [-0.05, 0) is 63.5 Å². The first-order valence-corrected chi connectivity index (χ1v) is 12.5. The molecule has 2 saturated heterocycles. The number of furan rings is 1. The normalized spacial score (nSPS) is 19.2. The highest BCUT2D eigenvalue weighted by molar-refractivity contribution is 5.79. The number of nitrogens with zero attached hydrogens (tertiary/aromatic N) is 2. The smallest absolute Gasteiger partial charge is 0.225 e. The van der Waals surface area contributed by atoms with E-state index in [-0.39, 0.29) is 17.2 Å². The summed E-state index contributed by atoms with van der Waals surface area (Å²) in [6, 6.07) is 14.5. The fourth-order valence-corrected chi connectivity index (χ4v) is 5.40. The van der Waals surface area contributed by atoms with E-state index in [1.807, 2.05) is 19.2 Å². The molecule has 2 N–H and O–H groups in total. The van der Waals surface area contributed by atoms with E-state index in [1.54, 1.807) is 6.92 Å². The summed E-state index contributed by atoms with van der Waals surface area (Å²) in [5.41, 5.74) is 1.14. The number of carbonyl (C=O) groups is 2. The van der Waals surface area contributed by atoms with Crippen molar-refractivity contribution in [3.8, 4) is 0 Å². The molecule has 2 aromatic rings. The Kier molecular flexibility index (Phi) is 8.06. The Morgan fingerprint density at radius 1 is 1.00 bits per heavy atom. The molecule has 34 heavy (non-hydrogen) atoms. The molecule has 0 aliphatic carbocycles. The van der Waals surface area contributed by atoms with E-state index >= 15 is 0 Å². The number of nitrogens with one attached hydrogen (secondary N) is 2. The number of rotatable bonds is 8. The molecule has 0 spiro atoms. The predicted molar refractivity (Wildman–Crippen MR) is 132 cm³/mol. The molecule has 1 aromatic carbocycles. The SMILES string of the molecule is CNCc1ccc(CN2CCC(C(=O)N3CCC(CNC(C)=O)(c4ccccc4)CC3)CC2)o1. The maximum atomic E-state index is 13.3. The number of benzene rings is 1. The zero-order valence-corrected chi connectivity index (χ0v) is 20.5. The summed E-state index contributed by atoms with van der Waals surface area (Å²) in [5, 5.41) is 6.14. The molecule has 0 radical (unpaired) electrons. The summed E-state index contributed by atoms with van der Waals surface area (Å²) in [6.45, 7) is 7.06. The number of hydrogen-bond donors (Lipinski definition) is 2. The second-order valence-corrected chi connectivity index (χ2v) is 9.83. The number of amides is 2. The van der Waals surface area contributed by atoms with E-state index in [0.29, 0.717) is 12.5 Å². The molecule has 2 aliphatic rings. The average molecular weight is 467 g/mol. The number of likely N-dealkylation sites (tertiary alicyclic amines) is 2. The van der Waals surface area contributed by atoms with Crippen LogP contribution in [-0.4, -0.2) is 61.4 Å². The molecular formula is C27H38N4O3. The van der Waals surface area contributed by atoms with Crippen molar-refractivity contribution in [2.45, 2.75) is 51.1 Å². The van der Waals surface area contributed by atoms with Crippen LogP contribution in [0.15, 0.2) is 46.9 Å². The van der Waals surface area contributed by atoms with Crippen LogP contribution in [0.5, 0.6) is 0 Å². The molecule has 0 bridgehead atoms. The topological polar surface area (TPSA) is 77.8 Å². The predicted octanol–water partition coefficient (Wildman–Crippen LogP) is 2.91. The average Bonchev–Trinajstić information content (AvgIpc) is 3.30. The molecule has 2 amide bonds. The van der Waals surface area contributed by atoms with Crippen molar-refractivity contribution in [1.82, 2.24) is 20.4 Å². The van der Waals surface area contributed by atoms with Crippen LogP contribution in [0.25, 0.3) is 0 Å². The van der Waals surface area contributed by atoms with E-state index in [9.17, 15) is 9.59 Å². The van der Waals surface area contributed by atoms with Gasteiger partial charge < -0.3 is 20.0 Å². The van der Waals surface area contributed by atoms with E-state index in [0.717, 1.165) is 76.5 Å². The Labute approximate surface area is 202 Å². The molecule has 7 nitrogen and oxygen atoms in total. The first-order valence-electron chi connectivity index (χ1n) is 12.5. The maximum Gasteiger partial charge on any atom is 0.225 e. The fourth-order valence-electron chi connectivity index (χ4n) is 5.40. The highest BCUT2D eigenvalue weighted by Gasteiger charge is 2.39. The zero-order chi connectivity index (χ0) is 24.0. The van der Waals surface area contributed by atoms with Gasteiger partial charge in [0.1, 0.15) is 11.5 Å². The molecule has 2 fully saturated rings. The molecule has 0 atom stereocenters. The van der Waals surface area contributed by atoms with Crippen molar-refractivity contribution >= 4 is 11.8 Å². The Morgan fingerprint density at radius 2 is 1.68 bits per heavy atom. The Bertz CT molecular complexity index is 942. The number of carbonyl (C=O) groups excluding carboxylic acids is 2. The van der Waals surface area contributed by atoms with Crippen molar-refractivity contribution in [3.05, 3.63) is 59.5 Å². The van der Waals surface area contributed by atoms with Gasteiger partial charge in [0, 0.05) is 37.9 Å². The molecular weight excluding hydrogens is 428 g/mol. The summed E-state index contributed by atoms with van der Waals surface area (Å²) in [4.78, 5) is 29.4. The minimum Gasteiger partial charge on any atom is -0.463 e. The Morgan fingerprint density at radius 3 is 2.32 bits per heavy atom. The van der Waals surface area contributed by atoms with Gasteiger partial charge >= 0.3 is 0 Å². The van der Waals surface area contributed by atoms with Gasteiger partial charge in [-0.2, -0.15) is 0 Å². The largest absolute Gasteiger partial charge is 0.463 e. The molecule has 0 saturated carbocycles. The van der Waals surface area contributed by atoms with Gasteiger partial charge in [0.25, 0.3) is 0 Å². The maximum absolute atomic E-state index is 13.3. The van der Waals surface area contributed by atoms with Crippen LogP contribution in [0.4, 0.5) is 0 Å². The van der Waals surface area contributed by atoms with Crippen LogP contribution in [0.1, 0.15) is 49.7 Å². The molecule has 3 heterocycles. The quantitative estimate of drug-likeness (QED) is 0.626. The Balaban J connectivity index is 1.29. The summed E-state index contributed by atoms with van der Waals surface area (Å²) < 4.78 is 5.88.